The summed E-state index contributed by atoms with van der Waals surface area (Å²) in [5.74, 6) is 0. The van der Waals surface area contributed by atoms with Crippen molar-refractivity contribution in [3.8, 4) is 11.1 Å². The fourth-order valence-electron chi connectivity index (χ4n) is 4.20. The van der Waals surface area contributed by atoms with E-state index >= 15 is 0 Å². The van der Waals surface area contributed by atoms with E-state index < -0.39 is 10.5 Å². The molecular formula is C25H18N2O4. The lowest BCUT2D eigenvalue weighted by Gasteiger charge is -2.09. The average Bonchev–Trinajstić information content (AvgIpc) is 3.08. The lowest BCUT2D eigenvalue weighted by molar-refractivity contribution is -0.384. The van der Waals surface area contributed by atoms with Crippen LogP contribution in [0.2, 0.25) is 0 Å². The second-order valence-electron chi connectivity index (χ2n) is 7.47. The van der Waals surface area contributed by atoms with Crippen LogP contribution in [0, 0.1) is 17.0 Å². The van der Waals surface area contributed by atoms with Gasteiger partial charge in [0.05, 0.1) is 22.5 Å². The summed E-state index contributed by atoms with van der Waals surface area (Å²) in [4.78, 5) is 23.8. The molecule has 0 unspecified atom stereocenters. The van der Waals surface area contributed by atoms with E-state index in [0.29, 0.717) is 23.4 Å². The van der Waals surface area contributed by atoms with Crippen LogP contribution in [0.3, 0.4) is 0 Å². The van der Waals surface area contributed by atoms with E-state index in [1.54, 1.807) is 12.1 Å². The summed E-state index contributed by atoms with van der Waals surface area (Å²) >= 11 is 0. The summed E-state index contributed by atoms with van der Waals surface area (Å²) in [6.45, 7) is 2.43. The number of benzene rings is 3. The minimum atomic E-state index is -0.511. The molecule has 2 heterocycles. The van der Waals surface area contributed by atoms with Crippen LogP contribution in [0.15, 0.2) is 88.1 Å². The Labute approximate surface area is 177 Å². The Hall–Kier alpha value is -4.19. The second kappa shape index (κ2) is 7.25. The zero-order valence-corrected chi connectivity index (χ0v) is 16.7. The van der Waals surface area contributed by atoms with Gasteiger partial charge in [-0.05, 0) is 29.7 Å². The molecule has 3 aromatic carbocycles. The van der Waals surface area contributed by atoms with Gasteiger partial charge in [-0.15, -0.1) is 0 Å². The first-order valence-electron chi connectivity index (χ1n) is 9.88. The third-order valence-corrected chi connectivity index (χ3v) is 5.60. The number of fused-ring (bicyclic) bond motifs is 3. The Kier molecular flexibility index (Phi) is 4.40. The molecule has 0 bridgehead atoms. The van der Waals surface area contributed by atoms with Gasteiger partial charge in [-0.1, -0.05) is 60.7 Å². The highest BCUT2D eigenvalue weighted by atomic mass is 16.6. The molecule has 0 atom stereocenters. The molecule has 0 radical (unpaired) electrons. The predicted molar refractivity (Wildman–Crippen MR) is 120 cm³/mol. The molecule has 0 aliphatic heterocycles. The van der Waals surface area contributed by atoms with Crippen molar-refractivity contribution >= 4 is 27.7 Å². The van der Waals surface area contributed by atoms with Crippen molar-refractivity contribution in [3.05, 3.63) is 111 Å². The van der Waals surface area contributed by atoms with Gasteiger partial charge in [0.1, 0.15) is 0 Å². The number of nitro groups is 1. The first kappa shape index (κ1) is 18.8. The number of aryl methyl sites for hydroxylation is 1. The molecule has 0 amide bonds. The first-order chi connectivity index (χ1) is 15.0. The second-order valence-corrected chi connectivity index (χ2v) is 7.47. The predicted octanol–water partition coefficient (Wildman–Crippen LogP) is 5.68. The highest BCUT2D eigenvalue weighted by Crippen LogP contribution is 2.35. The molecule has 152 valence electrons. The zero-order chi connectivity index (χ0) is 21.5. The molecule has 0 aliphatic carbocycles. The fraction of sp³-hybridized carbons (Fsp3) is 0.0800. The smallest absolute Gasteiger partial charge is 0.345 e. The van der Waals surface area contributed by atoms with Gasteiger partial charge in [-0.2, -0.15) is 0 Å². The molecule has 0 N–H and O–H groups in total. The summed E-state index contributed by atoms with van der Waals surface area (Å²) in [5, 5.41) is 13.0. The van der Waals surface area contributed by atoms with Gasteiger partial charge >= 0.3 is 5.63 Å². The van der Waals surface area contributed by atoms with Gasteiger partial charge in [0.15, 0.2) is 0 Å². The van der Waals surface area contributed by atoms with Gasteiger partial charge < -0.3 is 8.98 Å². The normalized spacial score (nSPS) is 11.3. The molecule has 0 saturated heterocycles. The van der Waals surface area contributed by atoms with Crippen molar-refractivity contribution < 1.29 is 9.34 Å². The van der Waals surface area contributed by atoms with Gasteiger partial charge in [0, 0.05) is 22.9 Å². The van der Waals surface area contributed by atoms with Gasteiger partial charge in [-0.25, -0.2) is 4.79 Å². The SMILES string of the molecule is Cc1c(-c2cccc([N+](=O)[O-])c2)c(=O)oc2c1c1ccccc1n2Cc1ccccc1. The van der Waals surface area contributed by atoms with E-state index in [1.807, 2.05) is 66.1 Å². The monoisotopic (exact) mass is 410 g/mol. The standard InChI is InChI=1S/C25H18N2O4/c1-16-22(18-10-7-11-19(14-18)27(29)30)25(28)31-24-23(16)20-12-5-6-13-21(20)26(24)15-17-8-3-2-4-9-17/h2-14H,15H2,1H3. The van der Waals surface area contributed by atoms with Crippen LogP contribution in [0.5, 0.6) is 0 Å². The van der Waals surface area contributed by atoms with E-state index in [1.165, 1.54) is 12.1 Å². The summed E-state index contributed by atoms with van der Waals surface area (Å²) in [6.07, 6.45) is 0. The van der Waals surface area contributed by atoms with Gasteiger partial charge in [0.25, 0.3) is 5.69 Å². The van der Waals surface area contributed by atoms with Crippen molar-refractivity contribution in [1.82, 2.24) is 4.57 Å². The van der Waals surface area contributed by atoms with E-state index in [2.05, 4.69) is 0 Å². The third-order valence-electron chi connectivity index (χ3n) is 5.60. The number of hydrogen-bond donors (Lipinski definition) is 0. The third kappa shape index (κ3) is 3.09. The minimum absolute atomic E-state index is 0.0668. The minimum Gasteiger partial charge on any atom is -0.405 e. The number of nitrogens with zero attached hydrogens (tertiary/aromatic N) is 2. The van der Waals surface area contributed by atoms with E-state index in [9.17, 15) is 14.9 Å². The van der Waals surface area contributed by atoms with Crippen LogP contribution in [0.1, 0.15) is 11.1 Å². The quantitative estimate of drug-likeness (QED) is 0.282. The van der Waals surface area contributed by atoms with Crippen molar-refractivity contribution in [2.75, 3.05) is 0 Å². The summed E-state index contributed by atoms with van der Waals surface area (Å²) < 4.78 is 7.86. The lowest BCUT2D eigenvalue weighted by Crippen LogP contribution is -2.08. The fourth-order valence-corrected chi connectivity index (χ4v) is 4.20. The molecule has 31 heavy (non-hydrogen) atoms. The van der Waals surface area contributed by atoms with Crippen molar-refractivity contribution in [2.24, 2.45) is 0 Å². The molecule has 5 rings (SSSR count). The summed E-state index contributed by atoms with van der Waals surface area (Å²) in [5.41, 5.74) is 3.54. The summed E-state index contributed by atoms with van der Waals surface area (Å²) in [6, 6.07) is 24.0. The van der Waals surface area contributed by atoms with Crippen molar-refractivity contribution in [1.29, 1.82) is 0 Å². The highest BCUT2D eigenvalue weighted by molar-refractivity contribution is 6.09. The van der Waals surface area contributed by atoms with Crippen LogP contribution in [-0.2, 0) is 6.54 Å². The maximum atomic E-state index is 13.1. The number of para-hydroxylation sites is 1. The Balaban J connectivity index is 1.81. The van der Waals surface area contributed by atoms with Gasteiger partial charge in [0.2, 0.25) is 5.71 Å². The number of nitro benzene ring substituents is 1. The Morgan fingerprint density at radius 1 is 0.968 bits per heavy atom. The topological polar surface area (TPSA) is 78.3 Å². The Morgan fingerprint density at radius 3 is 2.48 bits per heavy atom. The number of aromatic nitrogens is 1. The number of hydrogen-bond acceptors (Lipinski definition) is 4. The molecule has 2 aromatic heterocycles. The van der Waals surface area contributed by atoms with Crippen LogP contribution in [0.25, 0.3) is 33.1 Å². The molecular weight excluding hydrogens is 392 g/mol. The Morgan fingerprint density at radius 2 is 1.71 bits per heavy atom. The maximum Gasteiger partial charge on any atom is 0.345 e. The molecule has 6 nitrogen and oxygen atoms in total. The lowest BCUT2D eigenvalue weighted by atomic mass is 9.99. The molecule has 0 saturated carbocycles. The van der Waals surface area contributed by atoms with E-state index in [0.717, 1.165) is 27.4 Å². The van der Waals surface area contributed by atoms with Crippen LogP contribution in [0.4, 0.5) is 5.69 Å². The van der Waals surface area contributed by atoms with Gasteiger partial charge in [-0.3, -0.25) is 10.1 Å². The zero-order valence-electron chi connectivity index (χ0n) is 16.7. The van der Waals surface area contributed by atoms with Crippen molar-refractivity contribution in [2.45, 2.75) is 13.5 Å². The van der Waals surface area contributed by atoms with E-state index in [4.69, 9.17) is 4.42 Å². The molecule has 0 aliphatic rings. The number of non-ortho nitro benzene ring substituents is 1. The maximum absolute atomic E-state index is 13.1. The highest BCUT2D eigenvalue weighted by Gasteiger charge is 2.21. The average molecular weight is 410 g/mol. The van der Waals surface area contributed by atoms with Crippen molar-refractivity contribution in [3.63, 3.8) is 0 Å². The van der Waals surface area contributed by atoms with Crippen LogP contribution in [-0.4, -0.2) is 9.49 Å². The molecule has 6 heteroatoms. The molecule has 0 fully saturated rings. The van der Waals surface area contributed by atoms with Crippen LogP contribution >= 0.6 is 0 Å². The largest absolute Gasteiger partial charge is 0.405 e. The summed E-state index contributed by atoms with van der Waals surface area (Å²) in [7, 11) is 0. The number of rotatable bonds is 4. The molecule has 5 aromatic rings. The van der Waals surface area contributed by atoms with Crippen LogP contribution < -0.4 is 5.63 Å². The molecule has 0 spiro atoms. The van der Waals surface area contributed by atoms with E-state index in [-0.39, 0.29) is 5.69 Å². The first-order valence-corrected chi connectivity index (χ1v) is 9.88. The Bertz CT molecular complexity index is 1510.